The Hall–Kier alpha value is -1.93. The lowest BCUT2D eigenvalue weighted by molar-refractivity contribution is -0.130. The topological polar surface area (TPSA) is 95.7 Å². The van der Waals surface area contributed by atoms with Gasteiger partial charge in [-0.05, 0) is 74.0 Å². The Morgan fingerprint density at radius 2 is 1.74 bits per heavy atom. The fourth-order valence-corrected chi connectivity index (χ4v) is 4.80. The van der Waals surface area contributed by atoms with Crippen molar-refractivity contribution in [2.75, 3.05) is 19.8 Å². The van der Waals surface area contributed by atoms with Crippen LogP contribution in [0.25, 0.3) is 4.91 Å². The first-order valence-electron chi connectivity index (χ1n) is 15.7. The van der Waals surface area contributed by atoms with Crippen LogP contribution < -0.4 is 11.1 Å². The minimum Gasteiger partial charge on any atom is -0.391 e. The molecule has 42 heavy (non-hydrogen) atoms. The molecule has 0 saturated carbocycles. The number of carbonyl (C=O) groups is 2. The summed E-state index contributed by atoms with van der Waals surface area (Å²) < 4.78 is 0. The van der Waals surface area contributed by atoms with Crippen molar-refractivity contribution in [2.45, 2.75) is 127 Å². The monoisotopic (exact) mass is 605 g/mol. The fourth-order valence-electron chi connectivity index (χ4n) is 3.83. The van der Waals surface area contributed by atoms with Gasteiger partial charge in [0.05, 0.1) is 6.10 Å². The average molecular weight is 606 g/mol. The molecule has 1 heterocycles. The summed E-state index contributed by atoms with van der Waals surface area (Å²) in [6, 6.07) is 6.78. The van der Waals surface area contributed by atoms with Crippen molar-refractivity contribution >= 4 is 28.4 Å². The molecule has 0 aromatic heterocycles. The van der Waals surface area contributed by atoms with Crippen LogP contribution in [0.15, 0.2) is 35.3 Å². The normalized spacial score (nSPS) is 14.1. The van der Waals surface area contributed by atoms with Crippen molar-refractivity contribution in [3.05, 3.63) is 51.9 Å². The van der Waals surface area contributed by atoms with Crippen LogP contribution in [0.5, 0.6) is 0 Å². The number of aliphatic hydroxyl groups is 1. The van der Waals surface area contributed by atoms with Crippen LogP contribution in [0.1, 0.15) is 131 Å². The van der Waals surface area contributed by atoms with E-state index in [0.29, 0.717) is 25.6 Å². The first-order chi connectivity index (χ1) is 19.7. The van der Waals surface area contributed by atoms with E-state index in [1.807, 2.05) is 25.6 Å². The predicted molar refractivity (Wildman–Crippen MR) is 185 cm³/mol. The maximum Gasteiger partial charge on any atom is 0.222 e. The molecule has 2 rings (SSSR count). The predicted octanol–water partition coefficient (Wildman–Crippen LogP) is 8.25. The molecule has 0 radical (unpaired) electrons. The zero-order valence-corrected chi connectivity index (χ0v) is 29.5. The van der Waals surface area contributed by atoms with Crippen LogP contribution >= 0.6 is 11.8 Å². The molecule has 6 nitrogen and oxygen atoms in total. The number of benzene rings is 1. The van der Waals surface area contributed by atoms with Gasteiger partial charge < -0.3 is 25.9 Å². The molecule has 0 aliphatic carbocycles. The third kappa shape index (κ3) is 20.9. The highest BCUT2D eigenvalue weighted by molar-refractivity contribution is 8.10. The van der Waals surface area contributed by atoms with Crippen molar-refractivity contribution < 1.29 is 14.7 Å². The molecule has 1 unspecified atom stereocenters. The summed E-state index contributed by atoms with van der Waals surface area (Å²) in [6.45, 7) is 25.6. The van der Waals surface area contributed by atoms with Gasteiger partial charge in [0.2, 0.25) is 5.91 Å². The van der Waals surface area contributed by atoms with Gasteiger partial charge in [0.25, 0.3) is 0 Å². The van der Waals surface area contributed by atoms with Crippen molar-refractivity contribution in [3.8, 4) is 0 Å². The van der Waals surface area contributed by atoms with Crippen LogP contribution in [0.2, 0.25) is 0 Å². The standard InChI is InChI=1S/C19H30N2S.C7H13NO2.C5H10O.C4H10/c1-6-7-10-22-19(15(4)5)17-9-8-16(12-21-13-20)11-18(17)14(2)3;1-2-7(10)8-4-3-6(9)5-8;1-3-4-5(2)6;1-4(2)3/h7-11,14,21H,6,12-13,20H2,1-5H3;6,9H,2-5H2,1H3;3-4H2,1-2H3;4H,1-3H3/b10-7-;;;. The number of carbonyl (C=O) groups excluding carboxylic acids is 2. The lowest BCUT2D eigenvalue weighted by atomic mass is 9.93. The van der Waals surface area contributed by atoms with Crippen molar-refractivity contribution in [2.24, 2.45) is 11.7 Å². The number of nitrogens with two attached hydrogens (primary N) is 1. The number of nitrogens with zero attached hydrogens (tertiary/aromatic N) is 1. The van der Waals surface area contributed by atoms with Crippen LogP contribution in [0.3, 0.4) is 0 Å². The molecular formula is C35H63N3O3S. The smallest absolute Gasteiger partial charge is 0.222 e. The highest BCUT2D eigenvalue weighted by atomic mass is 32.2. The first-order valence-corrected chi connectivity index (χ1v) is 16.6. The second-order valence-electron chi connectivity index (χ2n) is 11.8. The van der Waals surface area contributed by atoms with E-state index in [2.05, 4.69) is 90.4 Å². The lowest BCUT2D eigenvalue weighted by Crippen LogP contribution is -2.28. The maximum atomic E-state index is 11.0. The molecule has 1 atom stereocenters. The van der Waals surface area contributed by atoms with Crippen LogP contribution in [0, 0.1) is 5.92 Å². The second-order valence-corrected chi connectivity index (χ2v) is 12.7. The largest absolute Gasteiger partial charge is 0.391 e. The van der Waals surface area contributed by atoms with Crippen LogP contribution in [0.4, 0.5) is 0 Å². The number of amides is 1. The van der Waals surface area contributed by atoms with Gasteiger partial charge in [-0.3, -0.25) is 4.79 Å². The van der Waals surface area contributed by atoms with E-state index in [0.717, 1.165) is 44.7 Å². The summed E-state index contributed by atoms with van der Waals surface area (Å²) in [5.41, 5.74) is 10.9. The van der Waals surface area contributed by atoms with Gasteiger partial charge in [0, 0.05) is 44.0 Å². The number of nitrogens with one attached hydrogen (secondary N) is 1. The van der Waals surface area contributed by atoms with Crippen molar-refractivity contribution in [1.29, 1.82) is 0 Å². The van der Waals surface area contributed by atoms with E-state index in [1.54, 1.807) is 11.8 Å². The summed E-state index contributed by atoms with van der Waals surface area (Å²) in [7, 11) is 0. The summed E-state index contributed by atoms with van der Waals surface area (Å²) in [4.78, 5) is 24.1. The molecule has 242 valence electrons. The maximum absolute atomic E-state index is 11.0. The summed E-state index contributed by atoms with van der Waals surface area (Å²) >= 11 is 1.83. The van der Waals surface area contributed by atoms with Gasteiger partial charge in [-0.25, -0.2) is 0 Å². The third-order valence-electron chi connectivity index (χ3n) is 5.85. The van der Waals surface area contributed by atoms with E-state index in [1.165, 1.54) is 27.2 Å². The molecule has 4 N–H and O–H groups in total. The van der Waals surface area contributed by atoms with Crippen LogP contribution in [-0.2, 0) is 16.1 Å². The molecule has 0 bridgehead atoms. The van der Waals surface area contributed by atoms with E-state index >= 15 is 0 Å². The number of β-amino-alcohol motifs (C(OH)–C–C–N with tert-alkyl or cyclic N) is 1. The lowest BCUT2D eigenvalue weighted by Gasteiger charge is -2.18. The Labute approximate surface area is 263 Å². The van der Waals surface area contributed by atoms with E-state index in [-0.39, 0.29) is 17.8 Å². The van der Waals surface area contributed by atoms with Gasteiger partial charge in [-0.2, -0.15) is 0 Å². The molecule has 1 aliphatic rings. The number of hydrogen-bond donors (Lipinski definition) is 3. The Bertz CT molecular complexity index is 935. The number of thioether (sulfide) groups is 1. The highest BCUT2D eigenvalue weighted by Crippen LogP contribution is 2.36. The summed E-state index contributed by atoms with van der Waals surface area (Å²) in [5, 5.41) is 14.4. The number of hydrogen-bond acceptors (Lipinski definition) is 6. The zero-order valence-electron chi connectivity index (χ0n) is 28.7. The number of rotatable bonds is 11. The third-order valence-corrected chi connectivity index (χ3v) is 7.04. The van der Waals surface area contributed by atoms with Gasteiger partial charge in [0.15, 0.2) is 0 Å². The first kappa shape index (κ1) is 42.2. The van der Waals surface area contributed by atoms with Gasteiger partial charge in [-0.15, -0.1) is 0 Å². The molecule has 0 spiro atoms. The Morgan fingerprint density at radius 1 is 1.12 bits per heavy atom. The minimum atomic E-state index is -0.282. The Kier molecular flexibility index (Phi) is 25.7. The van der Waals surface area contributed by atoms with E-state index < -0.39 is 0 Å². The molecule has 1 aliphatic heterocycles. The number of ketones is 1. The summed E-state index contributed by atoms with van der Waals surface area (Å²) in [5.74, 6) is 1.77. The quantitative estimate of drug-likeness (QED) is 0.220. The number of Topliss-reactive ketones (excluding diaryl/α,β-unsaturated/α-hetero) is 1. The molecular weight excluding hydrogens is 542 g/mol. The second kappa shape index (κ2) is 25.6. The fraction of sp³-hybridized carbons (Fsp3) is 0.657. The Morgan fingerprint density at radius 3 is 2.12 bits per heavy atom. The van der Waals surface area contributed by atoms with Crippen molar-refractivity contribution in [1.82, 2.24) is 10.2 Å². The minimum absolute atomic E-state index is 0.150. The number of aliphatic hydroxyl groups excluding tert-OH is 1. The molecule has 1 fully saturated rings. The SMILES string of the molecule is CC(C)C.CC/C=C\SC(=C(C)C)c1ccc(CNCN)cc1C(C)C.CCC(=O)N1CCC(O)C1.CCCC(C)=O. The number of likely N-dealkylation sites (tertiary alicyclic amines) is 1. The average Bonchev–Trinajstić information content (AvgIpc) is 3.36. The Balaban J connectivity index is 0. The zero-order chi connectivity index (χ0) is 32.7. The van der Waals surface area contributed by atoms with E-state index in [9.17, 15) is 9.59 Å². The molecule has 1 aromatic carbocycles. The van der Waals surface area contributed by atoms with Gasteiger partial charge >= 0.3 is 0 Å². The van der Waals surface area contributed by atoms with Gasteiger partial charge in [0.1, 0.15) is 5.78 Å². The van der Waals surface area contributed by atoms with Crippen LogP contribution in [-0.4, -0.2) is 47.6 Å². The van der Waals surface area contributed by atoms with Crippen molar-refractivity contribution in [3.63, 3.8) is 0 Å². The highest BCUT2D eigenvalue weighted by Gasteiger charge is 2.22. The summed E-state index contributed by atoms with van der Waals surface area (Å²) in [6.07, 6.45) is 6.01. The number of allylic oxidation sites excluding steroid dienone is 2. The molecule has 1 aromatic rings. The van der Waals surface area contributed by atoms with Gasteiger partial charge in [-0.1, -0.05) is 97.0 Å². The molecule has 7 heteroatoms. The molecule has 1 saturated heterocycles. The van der Waals surface area contributed by atoms with E-state index in [4.69, 9.17) is 10.8 Å². The molecule has 1 amide bonds.